The predicted molar refractivity (Wildman–Crippen MR) is 91.2 cm³/mol. The molecule has 3 saturated carbocycles. The third-order valence-electron chi connectivity index (χ3n) is 6.42. The van der Waals surface area contributed by atoms with E-state index in [1.54, 1.807) is 0 Å². The highest BCUT2D eigenvalue weighted by Crippen LogP contribution is 2.57. The number of fused-ring (bicyclic) bond motifs is 2. The van der Waals surface area contributed by atoms with Crippen LogP contribution in [0.3, 0.4) is 0 Å². The summed E-state index contributed by atoms with van der Waals surface area (Å²) in [6.07, 6.45) is 12.4. The average molecular weight is 332 g/mol. The lowest BCUT2D eigenvalue weighted by molar-refractivity contribution is -0.247. The Labute approximate surface area is 144 Å². The fourth-order valence-electron chi connectivity index (χ4n) is 5.36. The second kappa shape index (κ2) is 6.73. The Kier molecular flexibility index (Phi) is 4.84. The highest BCUT2D eigenvalue weighted by molar-refractivity contribution is 5.83. The van der Waals surface area contributed by atoms with Gasteiger partial charge in [-0.3, -0.25) is 0 Å². The van der Waals surface area contributed by atoms with Crippen molar-refractivity contribution in [2.45, 2.75) is 75.4 Å². The van der Waals surface area contributed by atoms with Crippen LogP contribution in [0.15, 0.2) is 25.3 Å². The number of ether oxygens (including phenoxy) is 2. The molecule has 0 aromatic carbocycles. The highest BCUT2D eigenvalue weighted by atomic mass is 16.6. The van der Waals surface area contributed by atoms with Crippen molar-refractivity contribution in [2.75, 3.05) is 0 Å². The fourth-order valence-corrected chi connectivity index (χ4v) is 5.36. The smallest absolute Gasteiger partial charge is 0.330 e. The molecular weight excluding hydrogens is 304 g/mol. The molecule has 3 aliphatic carbocycles. The number of esters is 2. The minimum absolute atomic E-state index is 0.412. The van der Waals surface area contributed by atoms with Crippen LogP contribution in [-0.4, -0.2) is 23.1 Å². The van der Waals surface area contributed by atoms with Gasteiger partial charge in [0.25, 0.3) is 0 Å². The highest BCUT2D eigenvalue weighted by Gasteiger charge is 2.63. The zero-order chi connectivity index (χ0) is 17.2. The van der Waals surface area contributed by atoms with Crippen LogP contribution in [-0.2, 0) is 19.1 Å². The topological polar surface area (TPSA) is 52.6 Å². The number of carbonyl (C=O) groups is 2. The summed E-state index contributed by atoms with van der Waals surface area (Å²) in [5.74, 6) is 0.297. The van der Waals surface area contributed by atoms with Crippen molar-refractivity contribution in [1.82, 2.24) is 0 Å². The lowest BCUT2D eigenvalue weighted by Gasteiger charge is -2.58. The van der Waals surface area contributed by atoms with Gasteiger partial charge in [0.15, 0.2) is 11.2 Å². The lowest BCUT2D eigenvalue weighted by Crippen LogP contribution is -2.65. The van der Waals surface area contributed by atoms with E-state index in [0.29, 0.717) is 11.8 Å². The molecule has 3 fully saturated rings. The van der Waals surface area contributed by atoms with E-state index in [0.717, 1.165) is 38.5 Å². The fraction of sp³-hybridized carbons (Fsp3) is 0.700. The van der Waals surface area contributed by atoms with Crippen molar-refractivity contribution < 1.29 is 19.1 Å². The molecule has 3 rings (SSSR count). The van der Waals surface area contributed by atoms with E-state index in [1.165, 1.54) is 37.8 Å². The molecule has 0 aromatic heterocycles. The molecule has 24 heavy (non-hydrogen) atoms. The van der Waals surface area contributed by atoms with E-state index in [9.17, 15) is 9.59 Å². The Morgan fingerprint density at radius 2 is 1.21 bits per heavy atom. The zero-order valence-electron chi connectivity index (χ0n) is 14.4. The molecule has 3 aliphatic rings. The van der Waals surface area contributed by atoms with Crippen LogP contribution in [0.4, 0.5) is 0 Å². The van der Waals surface area contributed by atoms with Gasteiger partial charge in [0, 0.05) is 12.2 Å². The first-order chi connectivity index (χ1) is 11.5. The van der Waals surface area contributed by atoms with Crippen LogP contribution < -0.4 is 0 Å². The van der Waals surface area contributed by atoms with Crippen LogP contribution >= 0.6 is 0 Å². The molecule has 0 saturated heterocycles. The van der Waals surface area contributed by atoms with Gasteiger partial charge in [0.1, 0.15) is 0 Å². The van der Waals surface area contributed by atoms with E-state index < -0.39 is 23.1 Å². The summed E-state index contributed by atoms with van der Waals surface area (Å²) in [5, 5.41) is 0. The molecule has 4 heteroatoms. The van der Waals surface area contributed by atoms with E-state index in [2.05, 4.69) is 13.2 Å². The van der Waals surface area contributed by atoms with Gasteiger partial charge in [-0.15, -0.1) is 0 Å². The average Bonchev–Trinajstić information content (AvgIpc) is 2.59. The van der Waals surface area contributed by atoms with Gasteiger partial charge in [-0.25, -0.2) is 9.59 Å². The van der Waals surface area contributed by atoms with E-state index in [1.807, 2.05) is 0 Å². The normalized spacial score (nSPS) is 38.2. The first-order valence-electron chi connectivity index (χ1n) is 9.25. The Morgan fingerprint density at radius 3 is 1.58 bits per heavy atom. The van der Waals surface area contributed by atoms with Crippen molar-refractivity contribution in [1.29, 1.82) is 0 Å². The van der Waals surface area contributed by atoms with Crippen LogP contribution in [0.5, 0.6) is 0 Å². The monoisotopic (exact) mass is 332 g/mol. The van der Waals surface area contributed by atoms with Crippen molar-refractivity contribution >= 4 is 11.9 Å². The molecule has 0 aliphatic heterocycles. The second-order valence-electron chi connectivity index (χ2n) is 7.66. The SMILES string of the molecule is C=CC(=O)O[C@@]12CCCC[C@]1(OC(=O)C=C)C[C@@H]1CCCC[C@@H]1C2. The molecule has 0 heterocycles. The minimum atomic E-state index is -0.701. The maximum absolute atomic E-state index is 12.1. The lowest BCUT2D eigenvalue weighted by atomic mass is 9.55. The first-order valence-corrected chi connectivity index (χ1v) is 9.25. The summed E-state index contributed by atoms with van der Waals surface area (Å²) in [6, 6.07) is 0. The molecule has 0 bridgehead atoms. The van der Waals surface area contributed by atoms with Crippen molar-refractivity contribution in [3.8, 4) is 0 Å². The predicted octanol–water partition coefficient (Wildman–Crippen LogP) is 4.10. The first kappa shape index (κ1) is 17.2. The molecule has 0 N–H and O–H groups in total. The summed E-state index contributed by atoms with van der Waals surface area (Å²) in [5.41, 5.74) is -1.40. The number of hydrogen-bond acceptors (Lipinski definition) is 4. The summed E-state index contributed by atoms with van der Waals surface area (Å²) in [7, 11) is 0. The largest absolute Gasteiger partial charge is 0.452 e. The Hall–Kier alpha value is -1.58. The van der Waals surface area contributed by atoms with Gasteiger partial charge < -0.3 is 9.47 Å². The molecular formula is C20H28O4. The van der Waals surface area contributed by atoms with Crippen LogP contribution in [0.25, 0.3) is 0 Å². The third-order valence-corrected chi connectivity index (χ3v) is 6.42. The Bertz CT molecular complexity index is 492. The van der Waals surface area contributed by atoms with Gasteiger partial charge in [-0.1, -0.05) is 38.8 Å². The van der Waals surface area contributed by atoms with Crippen LogP contribution in [0, 0.1) is 11.8 Å². The van der Waals surface area contributed by atoms with E-state index >= 15 is 0 Å². The number of hydrogen-bond donors (Lipinski definition) is 0. The molecule has 132 valence electrons. The maximum atomic E-state index is 12.1. The standard InChI is InChI=1S/C20H28O4/c1-3-17(21)23-19-11-7-8-12-20(19,24-18(22)4-2)14-16-10-6-5-9-15(16)13-19/h3-4,15-16H,1-2,5-14H2/t15-,16+,19-,20+. The van der Waals surface area contributed by atoms with Crippen molar-refractivity contribution in [3.63, 3.8) is 0 Å². The molecule has 0 spiro atoms. The van der Waals surface area contributed by atoms with Gasteiger partial charge >= 0.3 is 11.9 Å². The van der Waals surface area contributed by atoms with Gasteiger partial charge in [-0.2, -0.15) is 0 Å². The Balaban J connectivity index is 1.98. The number of carbonyl (C=O) groups excluding carboxylic acids is 2. The Morgan fingerprint density at radius 1 is 0.792 bits per heavy atom. The maximum Gasteiger partial charge on any atom is 0.330 e. The summed E-state index contributed by atoms with van der Waals surface area (Å²) >= 11 is 0. The second-order valence-corrected chi connectivity index (χ2v) is 7.66. The molecule has 4 atom stereocenters. The summed E-state index contributed by atoms with van der Waals surface area (Å²) in [6.45, 7) is 7.09. The zero-order valence-corrected chi connectivity index (χ0v) is 14.4. The van der Waals surface area contributed by atoms with E-state index in [4.69, 9.17) is 9.47 Å². The molecule has 0 amide bonds. The number of rotatable bonds is 4. The van der Waals surface area contributed by atoms with Gasteiger partial charge in [0.2, 0.25) is 0 Å². The van der Waals surface area contributed by atoms with Crippen molar-refractivity contribution in [2.24, 2.45) is 11.8 Å². The summed E-state index contributed by atoms with van der Waals surface area (Å²) in [4.78, 5) is 24.2. The van der Waals surface area contributed by atoms with Crippen molar-refractivity contribution in [3.05, 3.63) is 25.3 Å². The van der Waals surface area contributed by atoms with Gasteiger partial charge in [0.05, 0.1) is 0 Å². The molecule has 0 aromatic rings. The molecule has 4 nitrogen and oxygen atoms in total. The summed E-state index contributed by atoms with van der Waals surface area (Å²) < 4.78 is 11.9. The third kappa shape index (κ3) is 2.91. The molecule has 0 radical (unpaired) electrons. The quantitative estimate of drug-likeness (QED) is 0.574. The van der Waals surface area contributed by atoms with Gasteiger partial charge in [-0.05, 0) is 50.4 Å². The van der Waals surface area contributed by atoms with Crippen LogP contribution in [0.2, 0.25) is 0 Å². The minimum Gasteiger partial charge on any atom is -0.452 e. The van der Waals surface area contributed by atoms with Crippen LogP contribution in [0.1, 0.15) is 64.2 Å². The molecule has 0 unspecified atom stereocenters. The van der Waals surface area contributed by atoms with E-state index in [-0.39, 0.29) is 0 Å².